The molecule has 0 spiro atoms. The molecule has 1 amide bonds. The molecule has 2 aromatic carbocycles. The number of halogens is 1. The number of nitrogens with zero attached hydrogens (tertiary/aromatic N) is 5. The van der Waals surface area contributed by atoms with Crippen LogP contribution in [0.2, 0.25) is 0 Å². The first-order valence-corrected chi connectivity index (χ1v) is 15.5. The molecule has 41 heavy (non-hydrogen) atoms. The average molecular weight is 647 g/mol. The van der Waals surface area contributed by atoms with Crippen LogP contribution in [0.15, 0.2) is 40.0 Å². The van der Waals surface area contributed by atoms with Crippen LogP contribution >= 0.6 is 15.9 Å². The SMILES string of the molecule is COCOc1cc(C2Cc3nc(S(C)(=O)=O)nc(N4CCN(C(=O)O)C(CC#N)C4)c3CO2)c2c(Br)cccc2c1. The van der Waals surface area contributed by atoms with Gasteiger partial charge in [-0.05, 0) is 29.1 Å². The number of amides is 1. The van der Waals surface area contributed by atoms with Crippen molar-refractivity contribution in [3.8, 4) is 11.8 Å². The van der Waals surface area contributed by atoms with Gasteiger partial charge < -0.3 is 29.1 Å². The van der Waals surface area contributed by atoms with Gasteiger partial charge in [-0.15, -0.1) is 0 Å². The first-order chi connectivity index (χ1) is 19.6. The second kappa shape index (κ2) is 11.8. The molecule has 2 aliphatic heterocycles. The predicted molar refractivity (Wildman–Crippen MR) is 151 cm³/mol. The molecular formula is C27H28BrN5O7S. The normalized spacial score (nSPS) is 19.1. The van der Waals surface area contributed by atoms with E-state index >= 15 is 0 Å². The van der Waals surface area contributed by atoms with Crippen LogP contribution in [0.5, 0.6) is 5.75 Å². The maximum atomic E-state index is 12.6. The minimum atomic E-state index is -3.77. The number of carbonyl (C=O) groups is 1. The quantitative estimate of drug-likeness (QED) is 0.295. The Bertz CT molecular complexity index is 1650. The number of hydrogen-bond acceptors (Lipinski definition) is 10. The fourth-order valence-electron chi connectivity index (χ4n) is 5.29. The van der Waals surface area contributed by atoms with Gasteiger partial charge in [-0.1, -0.05) is 28.1 Å². The third kappa shape index (κ3) is 5.94. The van der Waals surface area contributed by atoms with Crippen molar-refractivity contribution in [1.82, 2.24) is 14.9 Å². The summed E-state index contributed by atoms with van der Waals surface area (Å²) < 4.78 is 43.4. The Morgan fingerprint density at radius 2 is 2.10 bits per heavy atom. The van der Waals surface area contributed by atoms with Crippen LogP contribution in [0, 0.1) is 11.3 Å². The van der Waals surface area contributed by atoms with Crippen molar-refractivity contribution in [2.24, 2.45) is 0 Å². The van der Waals surface area contributed by atoms with Gasteiger partial charge in [0.05, 0.1) is 36.9 Å². The predicted octanol–water partition coefficient (Wildman–Crippen LogP) is 3.67. The van der Waals surface area contributed by atoms with Gasteiger partial charge in [0.2, 0.25) is 15.0 Å². The van der Waals surface area contributed by atoms with Crippen LogP contribution in [0.4, 0.5) is 10.6 Å². The van der Waals surface area contributed by atoms with Crippen molar-refractivity contribution in [3.05, 3.63) is 51.6 Å². The number of anilines is 1. The van der Waals surface area contributed by atoms with E-state index in [1.807, 2.05) is 41.3 Å². The lowest BCUT2D eigenvalue weighted by Gasteiger charge is -2.41. The van der Waals surface area contributed by atoms with Crippen LogP contribution in [0.25, 0.3) is 10.8 Å². The summed E-state index contributed by atoms with van der Waals surface area (Å²) in [6, 6.07) is 11.1. The van der Waals surface area contributed by atoms with Crippen molar-refractivity contribution in [3.63, 3.8) is 0 Å². The smallest absolute Gasteiger partial charge is 0.407 e. The number of ether oxygens (including phenoxy) is 3. The Labute approximate surface area is 245 Å². The van der Waals surface area contributed by atoms with Gasteiger partial charge in [0, 0.05) is 54.8 Å². The number of nitriles is 1. The zero-order valence-corrected chi connectivity index (χ0v) is 24.8. The molecule has 216 valence electrons. The first-order valence-electron chi connectivity index (χ1n) is 12.8. The molecule has 1 aromatic heterocycles. The molecule has 2 aliphatic rings. The molecule has 1 fully saturated rings. The molecule has 0 radical (unpaired) electrons. The lowest BCUT2D eigenvalue weighted by Crippen LogP contribution is -2.55. The molecule has 5 rings (SSSR count). The number of benzene rings is 2. The highest BCUT2D eigenvalue weighted by Crippen LogP contribution is 2.41. The van der Waals surface area contributed by atoms with Crippen molar-refractivity contribution in [2.75, 3.05) is 44.7 Å². The molecule has 0 bridgehead atoms. The highest BCUT2D eigenvalue weighted by Gasteiger charge is 2.35. The number of fused-ring (bicyclic) bond motifs is 2. The van der Waals surface area contributed by atoms with Crippen LogP contribution in [0.3, 0.4) is 0 Å². The van der Waals surface area contributed by atoms with Gasteiger partial charge in [-0.3, -0.25) is 0 Å². The Morgan fingerprint density at radius 3 is 2.80 bits per heavy atom. The molecule has 12 nitrogen and oxygen atoms in total. The Kier molecular flexibility index (Phi) is 8.32. The topological polar surface area (TPSA) is 155 Å². The van der Waals surface area contributed by atoms with Crippen LogP contribution < -0.4 is 9.64 Å². The number of piperazine rings is 1. The minimum Gasteiger partial charge on any atom is -0.468 e. The lowest BCUT2D eigenvalue weighted by atomic mass is 9.94. The van der Waals surface area contributed by atoms with E-state index in [1.54, 1.807) is 7.11 Å². The van der Waals surface area contributed by atoms with E-state index in [1.165, 1.54) is 4.90 Å². The van der Waals surface area contributed by atoms with E-state index in [9.17, 15) is 23.6 Å². The summed E-state index contributed by atoms with van der Waals surface area (Å²) in [6.45, 7) is 0.791. The summed E-state index contributed by atoms with van der Waals surface area (Å²) >= 11 is 3.66. The van der Waals surface area contributed by atoms with E-state index < -0.39 is 28.1 Å². The Hall–Kier alpha value is -3.51. The monoisotopic (exact) mass is 645 g/mol. The van der Waals surface area contributed by atoms with E-state index in [0.717, 1.165) is 27.1 Å². The molecule has 3 aromatic rings. The fourth-order valence-corrected chi connectivity index (χ4v) is 6.43. The number of rotatable bonds is 7. The van der Waals surface area contributed by atoms with Crippen LogP contribution in [0.1, 0.15) is 29.3 Å². The summed E-state index contributed by atoms with van der Waals surface area (Å²) in [5, 5.41) is 20.4. The van der Waals surface area contributed by atoms with Gasteiger partial charge in [0.15, 0.2) is 6.79 Å². The molecule has 1 N–H and O–H groups in total. The van der Waals surface area contributed by atoms with Gasteiger partial charge in [0.1, 0.15) is 11.6 Å². The second-order valence-corrected chi connectivity index (χ2v) is 12.6. The maximum absolute atomic E-state index is 12.6. The van der Waals surface area contributed by atoms with E-state index in [0.29, 0.717) is 22.8 Å². The molecule has 2 atom stereocenters. The molecule has 3 heterocycles. The van der Waals surface area contributed by atoms with E-state index in [4.69, 9.17) is 14.2 Å². The maximum Gasteiger partial charge on any atom is 0.407 e. The summed E-state index contributed by atoms with van der Waals surface area (Å²) in [5.41, 5.74) is 2.02. The van der Waals surface area contributed by atoms with Gasteiger partial charge >= 0.3 is 6.09 Å². The fraction of sp³-hybridized carbons (Fsp3) is 0.407. The second-order valence-electron chi connectivity index (χ2n) is 9.87. The Morgan fingerprint density at radius 1 is 1.29 bits per heavy atom. The zero-order valence-electron chi connectivity index (χ0n) is 22.4. The number of hydrogen-bond donors (Lipinski definition) is 1. The molecule has 2 unspecified atom stereocenters. The van der Waals surface area contributed by atoms with E-state index in [2.05, 4.69) is 25.9 Å². The average Bonchev–Trinajstić information content (AvgIpc) is 2.94. The summed E-state index contributed by atoms with van der Waals surface area (Å²) in [6.07, 6.45) is -0.254. The lowest BCUT2D eigenvalue weighted by molar-refractivity contribution is 0.0256. The van der Waals surface area contributed by atoms with Crippen LogP contribution in [-0.2, 0) is 32.3 Å². The van der Waals surface area contributed by atoms with Crippen molar-refractivity contribution < 1.29 is 32.5 Å². The number of aromatic nitrogens is 2. The summed E-state index contributed by atoms with van der Waals surface area (Å²) in [4.78, 5) is 23.7. The van der Waals surface area contributed by atoms with Crippen molar-refractivity contribution in [1.29, 1.82) is 5.26 Å². The van der Waals surface area contributed by atoms with Gasteiger partial charge in [-0.2, -0.15) is 5.26 Å². The molecule has 14 heteroatoms. The Balaban J connectivity index is 1.56. The van der Waals surface area contributed by atoms with Crippen molar-refractivity contribution in [2.45, 2.75) is 36.8 Å². The molecular weight excluding hydrogens is 618 g/mol. The minimum absolute atomic E-state index is 0.00296. The molecule has 0 saturated carbocycles. The summed E-state index contributed by atoms with van der Waals surface area (Å²) in [5.74, 6) is 0.979. The highest BCUT2D eigenvalue weighted by atomic mass is 79.9. The van der Waals surface area contributed by atoms with E-state index in [-0.39, 0.29) is 51.0 Å². The van der Waals surface area contributed by atoms with Crippen molar-refractivity contribution >= 4 is 48.5 Å². The number of methoxy groups -OCH3 is 1. The van der Waals surface area contributed by atoms with Crippen LogP contribution in [-0.4, -0.2) is 80.3 Å². The third-order valence-electron chi connectivity index (χ3n) is 7.16. The number of sulfone groups is 1. The molecule has 1 saturated heterocycles. The largest absolute Gasteiger partial charge is 0.468 e. The van der Waals surface area contributed by atoms with Gasteiger partial charge in [-0.25, -0.2) is 23.2 Å². The molecule has 0 aliphatic carbocycles. The third-order valence-corrected chi connectivity index (χ3v) is 8.67. The summed E-state index contributed by atoms with van der Waals surface area (Å²) in [7, 11) is -2.23. The van der Waals surface area contributed by atoms with Gasteiger partial charge in [0.25, 0.3) is 0 Å². The zero-order chi connectivity index (χ0) is 29.3. The highest BCUT2D eigenvalue weighted by molar-refractivity contribution is 9.10. The first kappa shape index (κ1) is 29.0. The standard InChI is InChI=1S/C27H28BrN5O7S/c1-38-15-40-18-10-16-4-3-5-21(28)24(16)19(11-18)23-12-22-20(14-39-23)25(31-26(30-22)41(2,36)37)32-8-9-33(27(34)35)17(13-32)6-7-29/h3-5,10-11,17,23H,6,8-9,12-15H2,1-2H3,(H,34,35). The number of carboxylic acid groups (broad SMARTS) is 1.